The van der Waals surface area contributed by atoms with Crippen LogP contribution in [0.25, 0.3) is 0 Å². The molecule has 2 rings (SSSR count). The minimum atomic E-state index is -2.69. The summed E-state index contributed by atoms with van der Waals surface area (Å²) in [6, 6.07) is 1.66. The molecule has 1 aliphatic rings. The fraction of sp³-hybridized carbons (Fsp3) is 0.417. The van der Waals surface area contributed by atoms with Gasteiger partial charge in [0, 0.05) is 18.9 Å². The average molecular weight is 373 g/mol. The van der Waals surface area contributed by atoms with Crippen LogP contribution >= 0.6 is 27.5 Å². The molecule has 1 amide bonds. The Labute approximate surface area is 126 Å². The Bertz CT molecular complexity index is 510. The SMILES string of the molecule is O=C(COc1c(Cl)cc(F)cc1Br)NC1CC(F)(F)C1. The lowest BCUT2D eigenvalue weighted by Gasteiger charge is -2.35. The zero-order chi connectivity index (χ0) is 14.9. The summed E-state index contributed by atoms with van der Waals surface area (Å²) in [4.78, 5) is 11.5. The Morgan fingerprint density at radius 2 is 2.15 bits per heavy atom. The lowest BCUT2D eigenvalue weighted by Crippen LogP contribution is -2.51. The van der Waals surface area contributed by atoms with Gasteiger partial charge in [0.1, 0.15) is 5.82 Å². The standard InChI is InChI=1S/C12H10BrClF3NO2/c13-8-1-6(15)2-9(14)11(8)20-5-10(19)18-7-3-12(16,17)4-7/h1-2,7H,3-5H2,(H,18,19). The van der Waals surface area contributed by atoms with Crippen molar-refractivity contribution in [3.8, 4) is 5.75 Å². The second-order valence-electron chi connectivity index (χ2n) is 4.52. The monoisotopic (exact) mass is 371 g/mol. The van der Waals surface area contributed by atoms with Gasteiger partial charge in [-0.1, -0.05) is 11.6 Å². The summed E-state index contributed by atoms with van der Waals surface area (Å²) in [6.45, 7) is -0.383. The average Bonchev–Trinajstić information content (AvgIpc) is 2.24. The van der Waals surface area contributed by atoms with E-state index in [1.165, 1.54) is 0 Å². The molecule has 1 saturated carbocycles. The van der Waals surface area contributed by atoms with E-state index in [1.54, 1.807) is 0 Å². The van der Waals surface area contributed by atoms with Crippen molar-refractivity contribution < 1.29 is 22.7 Å². The minimum Gasteiger partial charge on any atom is -0.481 e. The molecule has 0 spiro atoms. The molecule has 8 heteroatoms. The van der Waals surface area contributed by atoms with Gasteiger partial charge in [-0.3, -0.25) is 4.79 Å². The van der Waals surface area contributed by atoms with Crippen LogP contribution in [0.15, 0.2) is 16.6 Å². The molecule has 0 aliphatic heterocycles. The van der Waals surface area contributed by atoms with E-state index >= 15 is 0 Å². The molecule has 0 bridgehead atoms. The van der Waals surface area contributed by atoms with E-state index < -0.39 is 23.7 Å². The number of amides is 1. The summed E-state index contributed by atoms with van der Waals surface area (Å²) in [5.74, 6) is -3.64. The third-order valence-electron chi connectivity index (χ3n) is 2.77. The van der Waals surface area contributed by atoms with Gasteiger partial charge in [-0.25, -0.2) is 13.2 Å². The Kier molecular flexibility index (Phi) is 4.49. The van der Waals surface area contributed by atoms with Crippen LogP contribution in [-0.2, 0) is 4.79 Å². The lowest BCUT2D eigenvalue weighted by molar-refractivity contribution is -0.131. The normalized spacial score (nSPS) is 17.4. The van der Waals surface area contributed by atoms with Gasteiger partial charge < -0.3 is 10.1 Å². The van der Waals surface area contributed by atoms with Crippen LogP contribution in [-0.4, -0.2) is 24.5 Å². The highest BCUT2D eigenvalue weighted by molar-refractivity contribution is 9.10. The molecular formula is C12H10BrClF3NO2. The van der Waals surface area contributed by atoms with Gasteiger partial charge in [0.05, 0.1) is 9.50 Å². The van der Waals surface area contributed by atoms with Crippen LogP contribution in [0.1, 0.15) is 12.8 Å². The highest BCUT2D eigenvalue weighted by Crippen LogP contribution is 2.37. The molecule has 0 aromatic heterocycles. The van der Waals surface area contributed by atoms with Gasteiger partial charge in [-0.05, 0) is 28.1 Å². The van der Waals surface area contributed by atoms with Gasteiger partial charge in [0.2, 0.25) is 0 Å². The Morgan fingerprint density at radius 1 is 1.50 bits per heavy atom. The van der Waals surface area contributed by atoms with Crippen LogP contribution in [0.4, 0.5) is 13.2 Å². The third-order valence-corrected chi connectivity index (χ3v) is 3.64. The van der Waals surface area contributed by atoms with E-state index in [9.17, 15) is 18.0 Å². The minimum absolute atomic E-state index is 0.0138. The predicted octanol–water partition coefficient (Wildman–Crippen LogP) is 3.53. The summed E-state index contributed by atoms with van der Waals surface area (Å²) in [5.41, 5.74) is 0. The van der Waals surface area contributed by atoms with Crippen LogP contribution in [0.3, 0.4) is 0 Å². The number of carbonyl (C=O) groups is 1. The van der Waals surface area contributed by atoms with Crippen molar-refractivity contribution in [2.45, 2.75) is 24.8 Å². The number of alkyl halides is 2. The molecule has 3 nitrogen and oxygen atoms in total. The topological polar surface area (TPSA) is 38.3 Å². The second-order valence-corrected chi connectivity index (χ2v) is 5.78. The fourth-order valence-corrected chi connectivity index (χ4v) is 2.76. The van der Waals surface area contributed by atoms with Crippen molar-refractivity contribution in [1.82, 2.24) is 5.32 Å². The Morgan fingerprint density at radius 3 is 2.70 bits per heavy atom. The molecule has 0 radical (unpaired) electrons. The van der Waals surface area contributed by atoms with Crippen molar-refractivity contribution >= 4 is 33.4 Å². The molecule has 20 heavy (non-hydrogen) atoms. The van der Waals surface area contributed by atoms with E-state index in [-0.39, 0.29) is 34.7 Å². The Hall–Kier alpha value is -0.950. The van der Waals surface area contributed by atoms with Gasteiger partial charge >= 0.3 is 0 Å². The van der Waals surface area contributed by atoms with E-state index in [0.717, 1.165) is 12.1 Å². The fourth-order valence-electron chi connectivity index (χ4n) is 1.84. The molecule has 0 atom stereocenters. The number of ether oxygens (including phenoxy) is 1. The highest BCUT2D eigenvalue weighted by Gasteiger charge is 2.45. The number of benzene rings is 1. The first-order chi connectivity index (χ1) is 9.27. The molecule has 0 saturated heterocycles. The number of nitrogens with one attached hydrogen (secondary N) is 1. The van der Waals surface area contributed by atoms with Crippen molar-refractivity contribution in [2.75, 3.05) is 6.61 Å². The van der Waals surface area contributed by atoms with Crippen LogP contribution < -0.4 is 10.1 Å². The molecular weight excluding hydrogens is 362 g/mol. The Balaban J connectivity index is 1.85. The molecule has 110 valence electrons. The zero-order valence-corrected chi connectivity index (χ0v) is 12.4. The molecule has 1 N–H and O–H groups in total. The molecule has 1 aromatic carbocycles. The number of carbonyl (C=O) groups excluding carboxylic acids is 1. The maximum atomic E-state index is 13.0. The van der Waals surface area contributed by atoms with Gasteiger partial charge in [0.25, 0.3) is 11.8 Å². The lowest BCUT2D eigenvalue weighted by atomic mass is 9.88. The van der Waals surface area contributed by atoms with E-state index in [1.807, 2.05) is 0 Å². The molecule has 1 aromatic rings. The van der Waals surface area contributed by atoms with Gasteiger partial charge in [-0.2, -0.15) is 0 Å². The van der Waals surface area contributed by atoms with Gasteiger partial charge in [0.15, 0.2) is 12.4 Å². The summed E-state index contributed by atoms with van der Waals surface area (Å²) in [6.07, 6.45) is -0.723. The number of rotatable bonds is 4. The summed E-state index contributed by atoms with van der Waals surface area (Å²) >= 11 is 8.83. The first-order valence-electron chi connectivity index (χ1n) is 5.71. The molecule has 0 unspecified atom stereocenters. The summed E-state index contributed by atoms with van der Waals surface area (Å²) in [7, 11) is 0. The van der Waals surface area contributed by atoms with Crippen LogP contribution in [0.5, 0.6) is 5.75 Å². The number of halogens is 5. The zero-order valence-electron chi connectivity index (χ0n) is 10.1. The second kappa shape index (κ2) is 5.81. The molecule has 0 heterocycles. The summed E-state index contributed by atoms with van der Waals surface area (Å²) < 4.78 is 43.6. The smallest absolute Gasteiger partial charge is 0.258 e. The maximum Gasteiger partial charge on any atom is 0.258 e. The van der Waals surface area contributed by atoms with Gasteiger partial charge in [-0.15, -0.1) is 0 Å². The van der Waals surface area contributed by atoms with Crippen molar-refractivity contribution in [3.05, 3.63) is 27.4 Å². The van der Waals surface area contributed by atoms with Crippen LogP contribution in [0, 0.1) is 5.82 Å². The molecule has 1 aliphatic carbocycles. The first kappa shape index (κ1) is 15.4. The van der Waals surface area contributed by atoms with E-state index in [2.05, 4.69) is 21.2 Å². The largest absolute Gasteiger partial charge is 0.481 e. The molecule has 1 fully saturated rings. The van der Waals surface area contributed by atoms with E-state index in [0.29, 0.717) is 0 Å². The van der Waals surface area contributed by atoms with Crippen molar-refractivity contribution in [2.24, 2.45) is 0 Å². The number of hydrogen-bond acceptors (Lipinski definition) is 2. The first-order valence-corrected chi connectivity index (χ1v) is 6.88. The van der Waals surface area contributed by atoms with Crippen molar-refractivity contribution in [3.63, 3.8) is 0 Å². The van der Waals surface area contributed by atoms with Crippen molar-refractivity contribution in [1.29, 1.82) is 0 Å². The third kappa shape index (κ3) is 3.79. The maximum absolute atomic E-state index is 13.0. The summed E-state index contributed by atoms with van der Waals surface area (Å²) in [5, 5.41) is 2.43. The predicted molar refractivity (Wildman–Crippen MR) is 70.7 cm³/mol. The van der Waals surface area contributed by atoms with E-state index in [4.69, 9.17) is 16.3 Å². The number of hydrogen-bond donors (Lipinski definition) is 1. The van der Waals surface area contributed by atoms with Crippen LogP contribution in [0.2, 0.25) is 5.02 Å². The quantitative estimate of drug-likeness (QED) is 0.878. The highest BCUT2D eigenvalue weighted by atomic mass is 79.9.